The normalized spacial score (nSPS) is 21.4. The Morgan fingerprint density at radius 3 is 2.12 bits per heavy atom. The van der Waals surface area contributed by atoms with Gasteiger partial charge in [-0.3, -0.25) is 34.9 Å². The fraction of sp³-hybridized carbons (Fsp3) is 0.429. The Morgan fingerprint density at radius 1 is 1.06 bits per heavy atom. The Morgan fingerprint density at radius 2 is 1.59 bits per heavy atom. The van der Waals surface area contributed by atoms with Crippen LogP contribution in [0.25, 0.3) is 0 Å². The molecule has 1 aliphatic heterocycles. The van der Waals surface area contributed by atoms with Crippen molar-refractivity contribution in [3.8, 4) is 0 Å². The van der Waals surface area contributed by atoms with Crippen LogP contribution < -0.4 is 10.9 Å². The first-order valence-corrected chi connectivity index (χ1v) is 11.6. The van der Waals surface area contributed by atoms with Gasteiger partial charge in [0.25, 0.3) is 11.8 Å². The molecule has 3 rings (SSSR count). The molecule has 0 aromatic heterocycles. The van der Waals surface area contributed by atoms with E-state index in [0.29, 0.717) is 12.8 Å². The number of imide groups is 1. The summed E-state index contributed by atoms with van der Waals surface area (Å²) in [5, 5.41) is 0. The second-order valence-corrected chi connectivity index (χ2v) is 10.0. The van der Waals surface area contributed by atoms with E-state index in [1.807, 2.05) is 19.1 Å². The Kier molecular flexibility index (Phi) is 6.79. The quantitative estimate of drug-likeness (QED) is 0.350. The monoisotopic (exact) mass is 462 g/mol. The lowest BCUT2D eigenvalue weighted by Gasteiger charge is -2.23. The van der Waals surface area contributed by atoms with Gasteiger partial charge >= 0.3 is 0 Å². The minimum atomic E-state index is -3.89. The second-order valence-electron chi connectivity index (χ2n) is 7.99. The number of sulfonamides is 1. The molecular weight excluding hydrogens is 436 g/mol. The van der Waals surface area contributed by atoms with Crippen molar-refractivity contribution in [2.45, 2.75) is 37.6 Å². The van der Waals surface area contributed by atoms with Crippen LogP contribution in [0.3, 0.4) is 0 Å². The number of allylic oxidation sites excluding steroid dienone is 2. The third-order valence-corrected chi connectivity index (χ3v) is 7.55. The number of hydrogen-bond acceptors (Lipinski definition) is 6. The molecule has 2 N–H and O–H groups in total. The molecule has 1 saturated heterocycles. The van der Waals surface area contributed by atoms with Crippen LogP contribution in [0.4, 0.5) is 0 Å². The summed E-state index contributed by atoms with van der Waals surface area (Å²) in [6.45, 7) is 2.68. The van der Waals surface area contributed by atoms with E-state index in [1.54, 1.807) is 12.1 Å². The van der Waals surface area contributed by atoms with Gasteiger partial charge < -0.3 is 0 Å². The predicted molar refractivity (Wildman–Crippen MR) is 114 cm³/mol. The maximum atomic E-state index is 12.6. The van der Waals surface area contributed by atoms with Gasteiger partial charge in [0, 0.05) is 7.05 Å². The van der Waals surface area contributed by atoms with Crippen LogP contribution in [0.2, 0.25) is 0 Å². The van der Waals surface area contributed by atoms with Gasteiger partial charge in [0.1, 0.15) is 6.04 Å². The predicted octanol–water partition coefficient (Wildman–Crippen LogP) is 0.103. The van der Waals surface area contributed by atoms with Crippen LogP contribution in [0, 0.1) is 18.8 Å². The lowest BCUT2D eigenvalue weighted by molar-refractivity contribution is -0.147. The van der Waals surface area contributed by atoms with Crippen LogP contribution in [0.1, 0.15) is 25.3 Å². The third kappa shape index (κ3) is 4.58. The number of aryl methyl sites for hydroxylation is 1. The van der Waals surface area contributed by atoms with Crippen LogP contribution in [0.15, 0.2) is 41.3 Å². The van der Waals surface area contributed by atoms with Crippen molar-refractivity contribution in [2.75, 3.05) is 13.6 Å². The van der Waals surface area contributed by atoms with Gasteiger partial charge in [-0.05, 0) is 38.8 Å². The van der Waals surface area contributed by atoms with E-state index in [4.69, 9.17) is 0 Å². The summed E-state index contributed by atoms with van der Waals surface area (Å²) in [5.74, 6) is -3.25. The molecule has 2 aliphatic rings. The van der Waals surface area contributed by atoms with Gasteiger partial charge in [-0.25, -0.2) is 8.42 Å². The summed E-state index contributed by atoms with van der Waals surface area (Å²) in [5.41, 5.74) is 5.20. The zero-order chi connectivity index (χ0) is 23.6. The van der Waals surface area contributed by atoms with Gasteiger partial charge in [0.05, 0.1) is 23.3 Å². The first-order valence-electron chi connectivity index (χ1n) is 10.2. The molecule has 10 nitrogen and oxygen atoms in total. The van der Waals surface area contributed by atoms with Crippen molar-refractivity contribution in [1.29, 1.82) is 0 Å². The Balaban J connectivity index is 1.55. The van der Waals surface area contributed by atoms with Crippen LogP contribution >= 0.6 is 0 Å². The second kappa shape index (κ2) is 9.21. The number of carbonyl (C=O) groups excluding carboxylic acids is 4. The van der Waals surface area contributed by atoms with Gasteiger partial charge in [-0.15, -0.1) is 0 Å². The number of likely N-dealkylation sites (N-methyl/N-ethyl adjacent to an activating group) is 1. The molecule has 2 unspecified atom stereocenters. The number of carbonyl (C=O) groups is 4. The van der Waals surface area contributed by atoms with E-state index < -0.39 is 58.1 Å². The fourth-order valence-corrected chi connectivity index (χ4v) is 4.90. The lowest BCUT2D eigenvalue weighted by Crippen LogP contribution is -2.54. The van der Waals surface area contributed by atoms with Crippen LogP contribution in [0.5, 0.6) is 0 Å². The van der Waals surface area contributed by atoms with Crippen molar-refractivity contribution in [3.63, 3.8) is 0 Å². The number of nitrogens with zero attached hydrogens (tertiary/aromatic N) is 2. The average Bonchev–Trinajstić information content (AvgIpc) is 3.02. The number of fused-ring (bicyclic) bond motifs is 1. The number of benzene rings is 1. The van der Waals surface area contributed by atoms with Crippen molar-refractivity contribution < 1.29 is 27.6 Å². The molecule has 1 heterocycles. The molecule has 11 heteroatoms. The lowest BCUT2D eigenvalue weighted by atomic mass is 9.85. The summed E-state index contributed by atoms with van der Waals surface area (Å²) >= 11 is 0. The Hall–Kier alpha value is -3.05. The van der Waals surface area contributed by atoms with E-state index in [1.165, 1.54) is 26.1 Å². The third-order valence-electron chi connectivity index (χ3n) is 5.73. The van der Waals surface area contributed by atoms with Crippen molar-refractivity contribution in [3.05, 3.63) is 42.0 Å². The highest BCUT2D eigenvalue weighted by Gasteiger charge is 2.50. The molecule has 0 saturated carbocycles. The van der Waals surface area contributed by atoms with Crippen molar-refractivity contribution in [1.82, 2.24) is 20.1 Å². The van der Waals surface area contributed by atoms with Gasteiger partial charge in [-0.1, -0.05) is 29.8 Å². The topological polar surface area (TPSA) is 133 Å². The van der Waals surface area contributed by atoms with E-state index in [9.17, 15) is 27.6 Å². The highest BCUT2D eigenvalue weighted by Crippen LogP contribution is 2.36. The standard InChI is InChI=1S/C21H26N4O6S/c1-13-8-10-15(11-9-13)32(30,31)24(3)12-18(26)22-23-19(27)14(2)25-20(28)16-6-4-5-7-17(16)21(25)29/h4-5,8-11,14,16-17H,6-7,12H2,1-3H3,(H,22,26)(H,23,27)/t14-,16?,17?/m0/s1. The van der Waals surface area contributed by atoms with E-state index in [2.05, 4.69) is 10.9 Å². The minimum absolute atomic E-state index is 0.0399. The number of amides is 4. The SMILES string of the molecule is Cc1ccc(S(=O)(=O)N(C)CC(=O)NNC(=O)[C@H](C)N2C(=O)C3CC=CCC3C2=O)cc1. The molecule has 4 amide bonds. The molecule has 0 bridgehead atoms. The highest BCUT2D eigenvalue weighted by atomic mass is 32.2. The first kappa shape index (κ1) is 23.6. The van der Waals surface area contributed by atoms with Gasteiger partial charge in [0.2, 0.25) is 21.8 Å². The molecule has 0 radical (unpaired) electrons. The summed E-state index contributed by atoms with van der Waals surface area (Å²) < 4.78 is 26.0. The summed E-state index contributed by atoms with van der Waals surface area (Å²) in [6.07, 6.45) is 4.61. The van der Waals surface area contributed by atoms with E-state index in [0.717, 1.165) is 14.8 Å². The molecule has 0 spiro atoms. The number of likely N-dealkylation sites (tertiary alicyclic amines) is 1. The Labute approximate surface area is 186 Å². The molecular formula is C21H26N4O6S. The maximum Gasteiger partial charge on any atom is 0.261 e. The van der Waals surface area contributed by atoms with E-state index >= 15 is 0 Å². The summed E-state index contributed by atoms with van der Waals surface area (Å²) in [6, 6.07) is 5.07. The number of nitrogens with one attached hydrogen (secondary N) is 2. The number of rotatable bonds is 6. The largest absolute Gasteiger partial charge is 0.274 e. The Bertz CT molecular complexity index is 1040. The molecule has 1 aromatic rings. The van der Waals surface area contributed by atoms with Gasteiger partial charge in [-0.2, -0.15) is 4.31 Å². The smallest absolute Gasteiger partial charge is 0.261 e. The number of hydrazine groups is 1. The van der Waals surface area contributed by atoms with E-state index in [-0.39, 0.29) is 4.90 Å². The summed E-state index contributed by atoms with van der Waals surface area (Å²) in [7, 11) is -2.64. The van der Waals surface area contributed by atoms with Crippen molar-refractivity contribution >= 4 is 33.7 Å². The molecule has 1 aliphatic carbocycles. The molecule has 32 heavy (non-hydrogen) atoms. The average molecular weight is 463 g/mol. The first-order chi connectivity index (χ1) is 15.0. The summed E-state index contributed by atoms with van der Waals surface area (Å²) in [4.78, 5) is 50.8. The number of hydrogen-bond donors (Lipinski definition) is 2. The fourth-order valence-electron chi connectivity index (χ4n) is 3.78. The highest BCUT2D eigenvalue weighted by molar-refractivity contribution is 7.89. The zero-order valence-corrected chi connectivity index (χ0v) is 18.9. The molecule has 3 atom stereocenters. The molecule has 1 fully saturated rings. The molecule has 1 aromatic carbocycles. The van der Waals surface area contributed by atoms with Crippen LogP contribution in [-0.4, -0.2) is 60.9 Å². The minimum Gasteiger partial charge on any atom is -0.274 e. The van der Waals surface area contributed by atoms with Crippen LogP contribution in [-0.2, 0) is 29.2 Å². The zero-order valence-electron chi connectivity index (χ0n) is 18.1. The van der Waals surface area contributed by atoms with Crippen molar-refractivity contribution in [2.24, 2.45) is 11.8 Å². The van der Waals surface area contributed by atoms with Gasteiger partial charge in [0.15, 0.2) is 0 Å². The maximum absolute atomic E-state index is 12.6. The molecule has 172 valence electrons.